The summed E-state index contributed by atoms with van der Waals surface area (Å²) < 4.78 is 218. The van der Waals surface area contributed by atoms with E-state index in [-0.39, 0.29) is 55.7 Å². The standard InChI is InChI=1S/C103H89BN6/c1-100(2,3)75-55-73(56-76(60-75)101(4,5)6)74-58-92-94-93(59-74)110(95-82(67-37-21-14-22-38-67)61-77(102(7,8)9)62-83(95)68-39-23-15-24-40-68)91-65-79(108-88-49-33-31-47-80(88)81-48-32-34-50-89(81)108)52-54-87(91)104(94)86-53-51-72(66-35-19-13-20-36-66)57-90(86)109(92)96-84(69-41-25-16-26-42-69)63-78(103(10,11)12)64-85(96)99-106-97(70-43-27-17-28-44-70)105-98(107-99)71-45-29-18-30-46-71/h13-65H,1-12H3/i13D,17D,18D,19D,20D,27D,28D,29D,30D,31D,32D,33D,34D,35D,36D,43D,44D,45D,46D,47D,48D,49D,50D. The molecular formula is C103H89BN6. The Morgan fingerprint density at radius 2 is 0.636 bits per heavy atom. The van der Waals surface area contributed by atoms with Gasteiger partial charge in [0.1, 0.15) is 0 Å². The van der Waals surface area contributed by atoms with Crippen molar-refractivity contribution in [1.82, 2.24) is 19.5 Å². The molecule has 110 heavy (non-hydrogen) atoms. The molecular weight excluding hydrogens is 1330 g/mol. The minimum Gasteiger partial charge on any atom is -0.310 e. The minimum atomic E-state index is -0.992. The van der Waals surface area contributed by atoms with Crippen molar-refractivity contribution in [1.29, 1.82) is 0 Å². The molecule has 6 nitrogen and oxygen atoms in total. The molecule has 0 unspecified atom stereocenters. The normalized spacial score (nSPS) is 15.8. The van der Waals surface area contributed by atoms with Gasteiger partial charge in [-0.3, -0.25) is 0 Å². The molecule has 2 aliphatic heterocycles. The van der Waals surface area contributed by atoms with Crippen LogP contribution in [0.2, 0.25) is 0 Å². The van der Waals surface area contributed by atoms with Crippen molar-refractivity contribution < 1.29 is 31.5 Å². The molecule has 7 heteroatoms. The minimum absolute atomic E-state index is 0.126. The monoisotopic (exact) mass is 1440 g/mol. The van der Waals surface area contributed by atoms with Crippen LogP contribution in [-0.2, 0) is 21.7 Å². The molecule has 0 amide bonds. The van der Waals surface area contributed by atoms with Crippen molar-refractivity contribution in [2.75, 3.05) is 9.80 Å². The zero-order chi connectivity index (χ0) is 95.6. The van der Waals surface area contributed by atoms with E-state index < -0.39 is 190 Å². The van der Waals surface area contributed by atoms with E-state index in [0.717, 1.165) is 44.5 Å². The average molecular weight is 1440 g/mol. The lowest BCUT2D eigenvalue weighted by Crippen LogP contribution is -2.61. The number of para-hydroxylation sites is 2. The van der Waals surface area contributed by atoms with E-state index in [4.69, 9.17) is 24.5 Å². The smallest absolute Gasteiger partial charge is 0.252 e. The van der Waals surface area contributed by atoms with Crippen LogP contribution in [0.4, 0.5) is 34.1 Å². The lowest BCUT2D eigenvalue weighted by Gasteiger charge is -2.46. The van der Waals surface area contributed by atoms with E-state index in [9.17, 15) is 21.9 Å². The third-order valence-electron chi connectivity index (χ3n) is 21.1. The molecule has 0 atom stereocenters. The van der Waals surface area contributed by atoms with Crippen molar-refractivity contribution in [2.24, 2.45) is 0 Å². The van der Waals surface area contributed by atoms with Gasteiger partial charge in [-0.2, -0.15) is 0 Å². The van der Waals surface area contributed by atoms with Crippen molar-refractivity contribution in [3.8, 4) is 95.5 Å². The highest BCUT2D eigenvalue weighted by molar-refractivity contribution is 7.00. The van der Waals surface area contributed by atoms with Gasteiger partial charge in [-0.25, -0.2) is 15.0 Å². The number of hydrogen-bond acceptors (Lipinski definition) is 5. The summed E-state index contributed by atoms with van der Waals surface area (Å²) in [5.74, 6) is -1.37. The molecule has 0 spiro atoms. The number of rotatable bonds is 11. The van der Waals surface area contributed by atoms with Crippen molar-refractivity contribution >= 4 is 79.0 Å². The maximum absolute atomic E-state index is 9.97. The molecule has 0 bridgehead atoms. The predicted octanol–water partition coefficient (Wildman–Crippen LogP) is 25.6. The predicted molar refractivity (Wildman–Crippen MR) is 466 cm³/mol. The summed E-state index contributed by atoms with van der Waals surface area (Å²) in [5.41, 5.74) is 10.1. The third-order valence-corrected chi connectivity index (χ3v) is 21.1. The summed E-state index contributed by atoms with van der Waals surface area (Å²) >= 11 is 0. The average Bonchev–Trinajstić information content (AvgIpc) is 1.68. The molecule has 4 heterocycles. The Balaban J connectivity index is 1.12. The van der Waals surface area contributed by atoms with Crippen molar-refractivity contribution in [3.05, 3.63) is 343 Å². The van der Waals surface area contributed by atoms with E-state index in [1.807, 2.05) is 147 Å². The van der Waals surface area contributed by atoms with E-state index >= 15 is 0 Å². The van der Waals surface area contributed by atoms with Crippen LogP contribution in [0.25, 0.3) is 117 Å². The molecule has 0 radical (unpaired) electrons. The van der Waals surface area contributed by atoms with Crippen LogP contribution < -0.4 is 26.2 Å². The van der Waals surface area contributed by atoms with Crippen molar-refractivity contribution in [3.63, 3.8) is 0 Å². The Morgan fingerprint density at radius 3 is 1.08 bits per heavy atom. The van der Waals surface area contributed by atoms with Crippen LogP contribution in [0.15, 0.2) is 321 Å². The van der Waals surface area contributed by atoms with E-state index in [1.165, 1.54) is 4.57 Å². The van der Waals surface area contributed by atoms with Gasteiger partial charge in [0, 0.05) is 72.6 Å². The Morgan fingerprint density at radius 1 is 0.282 bits per heavy atom. The highest BCUT2D eigenvalue weighted by Crippen LogP contribution is 2.56. The number of hydrogen-bond donors (Lipinski definition) is 0. The molecule has 0 saturated carbocycles. The van der Waals surface area contributed by atoms with Crippen LogP contribution in [0.3, 0.4) is 0 Å². The molecule has 0 fully saturated rings. The first-order valence-electron chi connectivity index (χ1n) is 48.4. The number of fused-ring (bicyclic) bond motifs is 7. The fraction of sp³-hybridized carbons (Fsp3) is 0.155. The summed E-state index contributed by atoms with van der Waals surface area (Å²) in [7, 11) is 0. The molecule has 534 valence electrons. The van der Waals surface area contributed by atoms with Crippen LogP contribution in [-0.4, -0.2) is 26.2 Å². The summed E-state index contributed by atoms with van der Waals surface area (Å²) in [6, 6.07) is 44.6. The summed E-state index contributed by atoms with van der Waals surface area (Å²) in [6.45, 7) is 24.4. The lowest BCUT2D eigenvalue weighted by molar-refractivity contribution is 0.569. The highest BCUT2D eigenvalue weighted by atomic mass is 15.2. The Hall–Kier alpha value is -12.4. The Labute approximate surface area is 680 Å². The van der Waals surface area contributed by atoms with Crippen LogP contribution in [0.1, 0.15) is 137 Å². The van der Waals surface area contributed by atoms with Gasteiger partial charge < -0.3 is 14.4 Å². The summed E-state index contributed by atoms with van der Waals surface area (Å²) in [5, 5.41) is -0.280. The maximum Gasteiger partial charge on any atom is 0.252 e. The third kappa shape index (κ3) is 12.3. The topological polar surface area (TPSA) is 50.1 Å². The van der Waals surface area contributed by atoms with Gasteiger partial charge in [0.15, 0.2) is 17.5 Å². The number of anilines is 6. The van der Waals surface area contributed by atoms with E-state index in [1.54, 1.807) is 18.2 Å². The molecule has 0 saturated heterocycles. The largest absolute Gasteiger partial charge is 0.310 e. The van der Waals surface area contributed by atoms with Gasteiger partial charge in [0.2, 0.25) is 0 Å². The number of nitrogens with zero attached hydrogens (tertiary/aromatic N) is 6. The fourth-order valence-electron chi connectivity index (χ4n) is 15.4. The first-order valence-corrected chi connectivity index (χ1v) is 36.9. The van der Waals surface area contributed by atoms with E-state index in [2.05, 4.69) is 110 Å². The molecule has 16 aromatic rings. The van der Waals surface area contributed by atoms with Gasteiger partial charge >= 0.3 is 0 Å². The summed E-state index contributed by atoms with van der Waals surface area (Å²) in [6.07, 6.45) is 0. The number of benzene rings is 14. The second-order valence-electron chi connectivity index (χ2n) is 32.4. The quantitative estimate of drug-likeness (QED) is 0.121. The van der Waals surface area contributed by atoms with E-state index in [0.29, 0.717) is 67.1 Å². The van der Waals surface area contributed by atoms with Gasteiger partial charge in [-0.1, -0.05) is 337 Å². The van der Waals surface area contributed by atoms with Gasteiger partial charge in [-0.15, -0.1) is 0 Å². The Bertz CT molecular complexity index is 7380. The molecule has 0 aliphatic carbocycles. The lowest BCUT2D eigenvalue weighted by atomic mass is 9.33. The van der Waals surface area contributed by atoms with Gasteiger partial charge in [-0.05, 0) is 166 Å². The summed E-state index contributed by atoms with van der Waals surface area (Å²) in [4.78, 5) is 19.7. The zero-order valence-electron chi connectivity index (χ0n) is 86.1. The highest BCUT2D eigenvalue weighted by Gasteiger charge is 2.47. The van der Waals surface area contributed by atoms with Crippen LogP contribution in [0.5, 0.6) is 0 Å². The van der Waals surface area contributed by atoms with Crippen molar-refractivity contribution in [2.45, 2.75) is 105 Å². The number of aromatic nitrogens is 4. The fourth-order valence-corrected chi connectivity index (χ4v) is 15.4. The van der Waals surface area contributed by atoms with Gasteiger partial charge in [0.25, 0.3) is 6.71 Å². The SMILES string of the molecule is [2H]c1c([2H])c([2H])c(-c2ccc3c(c2)N(c2c(-c4ccccc4)cc(C(C)(C)C)cc2-c2nc(-c4c([2H])c([2H])c([2H])c([2H])c4[2H])nc(-c4c([2H])c([2H])c([2H])c([2H])c4[2H])n2)c2cc(-c4cc(C(C)(C)C)cc(C(C)(C)C)c4)cc4c2B3c2ccc(-n3c5c([2H])c([2H])c([2H])c([2H])c5c5c([2H])c([2H])c([2H])c([2H])c53)cc2N4c2c(-c3ccccc3)cc(C(C)(C)C)cc2-c2ccccc2)c([2H])c1[2H]. The molecule has 2 aromatic heterocycles. The molecule has 2 aliphatic rings. The first kappa shape index (κ1) is 48.1. The van der Waals surface area contributed by atoms with Crippen LogP contribution in [0, 0.1) is 0 Å². The maximum atomic E-state index is 9.97. The first-order chi connectivity index (χ1) is 62.6. The molecule has 0 N–H and O–H groups in total. The second kappa shape index (κ2) is 26.7. The Kier molecular flexibility index (Phi) is 11.7. The second-order valence-corrected chi connectivity index (χ2v) is 32.4. The van der Waals surface area contributed by atoms with Gasteiger partial charge in [0.05, 0.1) is 53.9 Å². The molecule has 18 rings (SSSR count). The molecule has 14 aromatic carbocycles. The zero-order valence-corrected chi connectivity index (χ0v) is 63.1. The van der Waals surface area contributed by atoms with Crippen LogP contribution >= 0.6 is 0 Å².